The largest absolute Gasteiger partial charge is 0.331 e. The number of hydrogen-bond donors (Lipinski definition) is 1. The van der Waals surface area contributed by atoms with Crippen LogP contribution >= 0.6 is 12.4 Å². The molecule has 2 aliphatic rings. The maximum Gasteiger partial charge on any atom is 0.274 e. The van der Waals surface area contributed by atoms with Crippen LogP contribution in [0.4, 0.5) is 0 Å². The molecule has 1 aromatic heterocycles. The van der Waals surface area contributed by atoms with Crippen LogP contribution in [0.2, 0.25) is 0 Å². The van der Waals surface area contributed by atoms with Crippen LogP contribution in [0, 0.1) is 0 Å². The number of rotatable bonds is 5. The first-order valence-electron chi connectivity index (χ1n) is 7.47. The summed E-state index contributed by atoms with van der Waals surface area (Å²) in [7, 11) is 0. The Hall–Kier alpha value is -1.33. The molecule has 1 aliphatic carbocycles. The SMILES string of the molecule is C=CCN(C(=O)c1ccn(C2CCCNC2)n1)C1CC1.Cl. The smallest absolute Gasteiger partial charge is 0.274 e. The Balaban J connectivity index is 0.00000161. The fraction of sp³-hybridized carbons (Fsp3) is 0.600. The minimum atomic E-state index is 0. The van der Waals surface area contributed by atoms with Gasteiger partial charge in [-0.15, -0.1) is 19.0 Å². The molecular weight excluding hydrogens is 288 g/mol. The van der Waals surface area contributed by atoms with Gasteiger partial charge in [-0.25, -0.2) is 0 Å². The highest BCUT2D eigenvalue weighted by atomic mass is 35.5. The molecule has 1 aromatic rings. The monoisotopic (exact) mass is 310 g/mol. The third-order valence-corrected chi connectivity index (χ3v) is 4.05. The van der Waals surface area contributed by atoms with Crippen molar-refractivity contribution in [3.8, 4) is 0 Å². The molecule has 5 nitrogen and oxygen atoms in total. The van der Waals surface area contributed by atoms with Gasteiger partial charge in [-0.3, -0.25) is 9.48 Å². The van der Waals surface area contributed by atoms with Gasteiger partial charge in [0.05, 0.1) is 6.04 Å². The molecular formula is C15H23ClN4O. The number of amides is 1. The van der Waals surface area contributed by atoms with E-state index >= 15 is 0 Å². The van der Waals surface area contributed by atoms with Crippen LogP contribution in [0.1, 0.15) is 42.2 Å². The summed E-state index contributed by atoms with van der Waals surface area (Å²) in [6, 6.07) is 2.61. The quantitative estimate of drug-likeness (QED) is 0.847. The van der Waals surface area contributed by atoms with Crippen LogP contribution in [-0.4, -0.2) is 46.3 Å². The lowest BCUT2D eigenvalue weighted by atomic mass is 10.1. The molecule has 0 spiro atoms. The number of nitrogens with zero attached hydrogens (tertiary/aromatic N) is 3. The summed E-state index contributed by atoms with van der Waals surface area (Å²) < 4.78 is 1.94. The van der Waals surface area contributed by atoms with E-state index in [4.69, 9.17) is 0 Å². The molecule has 6 heteroatoms. The Morgan fingerprint density at radius 1 is 1.52 bits per heavy atom. The maximum absolute atomic E-state index is 12.5. The van der Waals surface area contributed by atoms with E-state index in [9.17, 15) is 4.79 Å². The van der Waals surface area contributed by atoms with E-state index in [1.165, 1.54) is 6.42 Å². The van der Waals surface area contributed by atoms with Crippen molar-refractivity contribution in [3.05, 3.63) is 30.6 Å². The Kier molecular flexibility index (Phi) is 5.42. The summed E-state index contributed by atoms with van der Waals surface area (Å²) in [5.41, 5.74) is 0.560. The predicted molar refractivity (Wildman–Crippen MR) is 84.9 cm³/mol. The van der Waals surface area contributed by atoms with Crippen LogP contribution < -0.4 is 5.32 Å². The number of carbonyl (C=O) groups excluding carboxylic acids is 1. The van der Waals surface area contributed by atoms with E-state index in [2.05, 4.69) is 17.0 Å². The Bertz CT molecular complexity index is 492. The van der Waals surface area contributed by atoms with Crippen molar-refractivity contribution < 1.29 is 4.79 Å². The number of nitrogens with one attached hydrogen (secondary N) is 1. The number of hydrogen-bond acceptors (Lipinski definition) is 3. The van der Waals surface area contributed by atoms with E-state index < -0.39 is 0 Å². The third kappa shape index (κ3) is 3.66. The average Bonchev–Trinajstić information content (AvgIpc) is 3.21. The predicted octanol–water partition coefficient (Wildman–Crippen LogP) is 2.02. The minimum Gasteiger partial charge on any atom is -0.331 e. The van der Waals surface area contributed by atoms with Crippen molar-refractivity contribution in [2.45, 2.75) is 37.8 Å². The first-order chi connectivity index (χ1) is 9.79. The zero-order valence-corrected chi connectivity index (χ0v) is 13.0. The molecule has 116 valence electrons. The highest BCUT2D eigenvalue weighted by Crippen LogP contribution is 2.28. The summed E-state index contributed by atoms with van der Waals surface area (Å²) in [4.78, 5) is 14.4. The van der Waals surface area contributed by atoms with Crippen LogP contribution in [-0.2, 0) is 0 Å². The van der Waals surface area contributed by atoms with Crippen molar-refractivity contribution in [2.75, 3.05) is 19.6 Å². The summed E-state index contributed by atoms with van der Waals surface area (Å²) in [5, 5.41) is 7.87. The average molecular weight is 311 g/mol. The molecule has 1 atom stereocenters. The van der Waals surface area contributed by atoms with Gasteiger partial charge in [0.2, 0.25) is 0 Å². The number of halogens is 1. The molecule has 2 heterocycles. The van der Waals surface area contributed by atoms with E-state index in [0.29, 0.717) is 24.3 Å². The lowest BCUT2D eigenvalue weighted by Gasteiger charge is -2.23. The normalized spacial score (nSPS) is 21.4. The zero-order chi connectivity index (χ0) is 13.9. The van der Waals surface area contributed by atoms with Crippen LogP contribution in [0.3, 0.4) is 0 Å². The van der Waals surface area contributed by atoms with E-state index in [-0.39, 0.29) is 18.3 Å². The standard InChI is InChI=1S/C15H22N4O.ClH/c1-2-9-18(12-5-6-12)15(20)14-7-10-19(17-14)13-4-3-8-16-11-13;/h2,7,10,12-13,16H,1,3-6,8-9,11H2;1H. The molecule has 2 fully saturated rings. The molecule has 0 radical (unpaired) electrons. The molecule has 1 aliphatic heterocycles. The third-order valence-electron chi connectivity index (χ3n) is 4.05. The van der Waals surface area contributed by atoms with E-state index in [1.54, 1.807) is 6.08 Å². The Morgan fingerprint density at radius 2 is 2.33 bits per heavy atom. The van der Waals surface area contributed by atoms with Gasteiger partial charge in [-0.05, 0) is 38.3 Å². The molecule has 3 rings (SSSR count). The van der Waals surface area contributed by atoms with Gasteiger partial charge >= 0.3 is 0 Å². The van der Waals surface area contributed by atoms with Crippen LogP contribution in [0.5, 0.6) is 0 Å². The number of carbonyl (C=O) groups is 1. The van der Waals surface area contributed by atoms with Gasteiger partial charge in [-0.1, -0.05) is 6.08 Å². The summed E-state index contributed by atoms with van der Waals surface area (Å²) in [6.07, 6.45) is 8.22. The Labute approximate surface area is 131 Å². The van der Waals surface area contributed by atoms with Crippen LogP contribution in [0.25, 0.3) is 0 Å². The highest BCUT2D eigenvalue weighted by molar-refractivity contribution is 5.92. The second-order valence-electron chi connectivity index (χ2n) is 5.66. The van der Waals surface area contributed by atoms with Crippen molar-refractivity contribution in [1.29, 1.82) is 0 Å². The Morgan fingerprint density at radius 3 is 2.95 bits per heavy atom. The minimum absolute atomic E-state index is 0. The maximum atomic E-state index is 12.5. The van der Waals surface area contributed by atoms with Crippen molar-refractivity contribution in [1.82, 2.24) is 20.0 Å². The summed E-state index contributed by atoms with van der Waals surface area (Å²) >= 11 is 0. The van der Waals surface area contributed by atoms with Crippen molar-refractivity contribution in [3.63, 3.8) is 0 Å². The van der Waals surface area contributed by atoms with Gasteiger partial charge in [0.25, 0.3) is 5.91 Å². The van der Waals surface area contributed by atoms with Gasteiger partial charge in [0.1, 0.15) is 5.69 Å². The lowest BCUT2D eigenvalue weighted by Crippen LogP contribution is -2.34. The fourth-order valence-electron chi connectivity index (χ4n) is 2.78. The van der Waals surface area contributed by atoms with Gasteiger partial charge in [0.15, 0.2) is 0 Å². The molecule has 0 bridgehead atoms. The highest BCUT2D eigenvalue weighted by Gasteiger charge is 2.33. The summed E-state index contributed by atoms with van der Waals surface area (Å²) in [5.74, 6) is 0.0370. The van der Waals surface area contributed by atoms with E-state index in [0.717, 1.165) is 32.4 Å². The molecule has 21 heavy (non-hydrogen) atoms. The lowest BCUT2D eigenvalue weighted by molar-refractivity contribution is 0.0755. The van der Waals surface area contributed by atoms with Gasteiger partial charge in [0, 0.05) is 25.3 Å². The fourth-order valence-corrected chi connectivity index (χ4v) is 2.78. The number of aromatic nitrogens is 2. The second kappa shape index (κ2) is 7.09. The molecule has 1 saturated heterocycles. The molecule has 1 amide bonds. The second-order valence-corrected chi connectivity index (χ2v) is 5.66. The molecule has 1 unspecified atom stereocenters. The number of piperidine rings is 1. The van der Waals surface area contributed by atoms with Gasteiger partial charge in [-0.2, -0.15) is 5.10 Å². The van der Waals surface area contributed by atoms with Crippen molar-refractivity contribution in [2.24, 2.45) is 0 Å². The van der Waals surface area contributed by atoms with E-state index in [1.807, 2.05) is 21.8 Å². The van der Waals surface area contributed by atoms with Crippen molar-refractivity contribution >= 4 is 18.3 Å². The topological polar surface area (TPSA) is 50.2 Å². The first-order valence-corrected chi connectivity index (χ1v) is 7.47. The zero-order valence-electron chi connectivity index (χ0n) is 12.2. The summed E-state index contributed by atoms with van der Waals surface area (Å²) in [6.45, 7) is 6.37. The molecule has 1 saturated carbocycles. The van der Waals surface area contributed by atoms with Crippen LogP contribution in [0.15, 0.2) is 24.9 Å². The first kappa shape index (κ1) is 16.0. The van der Waals surface area contributed by atoms with Gasteiger partial charge < -0.3 is 10.2 Å². The molecule has 1 N–H and O–H groups in total. The molecule has 0 aromatic carbocycles.